The molecular weight excluding hydrogens is 168 g/mol. The summed E-state index contributed by atoms with van der Waals surface area (Å²) in [5, 5.41) is 0. The minimum absolute atomic E-state index is 0.161. The van der Waals surface area contributed by atoms with Crippen molar-refractivity contribution in [2.75, 3.05) is 13.2 Å². The molecule has 0 unspecified atom stereocenters. The molecule has 0 radical (unpaired) electrons. The predicted octanol–water partition coefficient (Wildman–Crippen LogP) is 0.935. The van der Waals surface area contributed by atoms with E-state index in [1.54, 1.807) is 12.3 Å². The van der Waals surface area contributed by atoms with Crippen LogP contribution in [0, 0.1) is 6.92 Å². The van der Waals surface area contributed by atoms with E-state index in [4.69, 9.17) is 4.74 Å². The number of nitrogens with one attached hydrogen (secondary N) is 1. The fourth-order valence-corrected chi connectivity index (χ4v) is 1.22. The Morgan fingerprint density at radius 1 is 1.69 bits per heavy atom. The van der Waals surface area contributed by atoms with Crippen LogP contribution in [0.3, 0.4) is 0 Å². The number of aromatic nitrogens is 1. The standard InChI is InChI=1S/C9H10N2O2/c1-6-4-7(11-5-6)8(12)9-10-2-3-13-9/h4-5,11H,2-3H2,1H3. The molecule has 0 aromatic carbocycles. The topological polar surface area (TPSA) is 54.5 Å². The van der Waals surface area contributed by atoms with E-state index in [-0.39, 0.29) is 11.7 Å². The van der Waals surface area contributed by atoms with E-state index in [1.165, 1.54) is 0 Å². The van der Waals surface area contributed by atoms with Gasteiger partial charge >= 0.3 is 0 Å². The molecule has 4 heteroatoms. The quantitative estimate of drug-likeness (QED) is 0.685. The monoisotopic (exact) mass is 178 g/mol. The lowest BCUT2D eigenvalue weighted by Crippen LogP contribution is -2.14. The zero-order valence-electron chi connectivity index (χ0n) is 7.33. The number of aryl methyl sites for hydroxylation is 1. The van der Waals surface area contributed by atoms with E-state index in [0.29, 0.717) is 18.8 Å². The molecule has 0 saturated heterocycles. The van der Waals surface area contributed by atoms with Crippen molar-refractivity contribution in [2.45, 2.75) is 6.92 Å². The third-order valence-electron chi connectivity index (χ3n) is 1.85. The molecule has 0 atom stereocenters. The van der Waals surface area contributed by atoms with Gasteiger partial charge in [0.2, 0.25) is 0 Å². The van der Waals surface area contributed by atoms with Gasteiger partial charge in [0.05, 0.1) is 12.2 Å². The van der Waals surface area contributed by atoms with Crippen molar-refractivity contribution in [1.29, 1.82) is 0 Å². The molecule has 1 aromatic rings. The molecule has 0 bridgehead atoms. The molecule has 0 amide bonds. The fourth-order valence-electron chi connectivity index (χ4n) is 1.22. The number of rotatable bonds is 2. The Morgan fingerprint density at radius 3 is 3.08 bits per heavy atom. The molecule has 1 N–H and O–H groups in total. The van der Waals surface area contributed by atoms with Gasteiger partial charge in [-0.3, -0.25) is 4.79 Å². The lowest BCUT2D eigenvalue weighted by molar-refractivity contribution is 0.103. The minimum Gasteiger partial charge on any atom is -0.473 e. The van der Waals surface area contributed by atoms with Crippen LogP contribution in [0.25, 0.3) is 0 Å². The Labute approximate surface area is 75.6 Å². The van der Waals surface area contributed by atoms with Crippen LogP contribution >= 0.6 is 0 Å². The number of carbonyl (C=O) groups is 1. The van der Waals surface area contributed by atoms with Gasteiger partial charge < -0.3 is 9.72 Å². The zero-order chi connectivity index (χ0) is 9.26. The van der Waals surface area contributed by atoms with Gasteiger partial charge in [-0.05, 0) is 18.6 Å². The zero-order valence-corrected chi connectivity index (χ0v) is 7.33. The number of H-pyrrole nitrogens is 1. The predicted molar refractivity (Wildman–Crippen MR) is 48.1 cm³/mol. The van der Waals surface area contributed by atoms with E-state index in [2.05, 4.69) is 9.98 Å². The highest BCUT2D eigenvalue weighted by Crippen LogP contribution is 2.06. The normalized spacial score (nSPS) is 15.3. The molecule has 2 rings (SSSR count). The Balaban J connectivity index is 2.22. The van der Waals surface area contributed by atoms with Crippen LogP contribution in [0.4, 0.5) is 0 Å². The number of aromatic amines is 1. The molecule has 0 fully saturated rings. The second-order valence-corrected chi connectivity index (χ2v) is 2.96. The van der Waals surface area contributed by atoms with Crippen molar-refractivity contribution in [1.82, 2.24) is 4.98 Å². The van der Waals surface area contributed by atoms with Crippen LogP contribution in [0.15, 0.2) is 17.3 Å². The van der Waals surface area contributed by atoms with Gasteiger partial charge in [0.15, 0.2) is 0 Å². The van der Waals surface area contributed by atoms with Crippen molar-refractivity contribution < 1.29 is 9.53 Å². The summed E-state index contributed by atoms with van der Waals surface area (Å²) in [6.07, 6.45) is 1.78. The highest BCUT2D eigenvalue weighted by molar-refractivity contribution is 6.42. The van der Waals surface area contributed by atoms with Gasteiger partial charge in [0, 0.05) is 6.20 Å². The molecule has 13 heavy (non-hydrogen) atoms. The van der Waals surface area contributed by atoms with Crippen LogP contribution in [0.5, 0.6) is 0 Å². The first-order valence-electron chi connectivity index (χ1n) is 4.14. The highest BCUT2D eigenvalue weighted by atomic mass is 16.5. The number of hydrogen-bond acceptors (Lipinski definition) is 3. The van der Waals surface area contributed by atoms with E-state index in [0.717, 1.165) is 5.56 Å². The summed E-state index contributed by atoms with van der Waals surface area (Å²) in [6, 6.07) is 1.78. The SMILES string of the molecule is Cc1c[nH]c(C(=O)C2=NCCO2)c1. The summed E-state index contributed by atoms with van der Waals surface area (Å²) in [6.45, 7) is 3.02. The van der Waals surface area contributed by atoms with Crippen LogP contribution in [-0.4, -0.2) is 29.8 Å². The van der Waals surface area contributed by atoms with Gasteiger partial charge in [-0.25, -0.2) is 4.99 Å². The van der Waals surface area contributed by atoms with Crippen LogP contribution in [-0.2, 0) is 4.74 Å². The van der Waals surface area contributed by atoms with Crippen molar-refractivity contribution in [3.63, 3.8) is 0 Å². The molecule has 68 valence electrons. The third-order valence-corrected chi connectivity index (χ3v) is 1.85. The first-order chi connectivity index (χ1) is 6.27. The number of ether oxygens (including phenoxy) is 1. The molecule has 0 saturated carbocycles. The lowest BCUT2D eigenvalue weighted by atomic mass is 10.2. The Kier molecular flexibility index (Phi) is 1.88. The van der Waals surface area contributed by atoms with Crippen LogP contribution in [0.1, 0.15) is 16.1 Å². The smallest absolute Gasteiger partial charge is 0.263 e. The molecule has 1 aliphatic heterocycles. The number of carbonyl (C=O) groups excluding carboxylic acids is 1. The maximum Gasteiger partial charge on any atom is 0.263 e. The van der Waals surface area contributed by atoms with E-state index < -0.39 is 0 Å². The first-order valence-corrected chi connectivity index (χ1v) is 4.14. The van der Waals surface area contributed by atoms with Crippen molar-refractivity contribution in [3.8, 4) is 0 Å². The molecule has 1 aromatic heterocycles. The third kappa shape index (κ3) is 1.47. The summed E-state index contributed by atoms with van der Waals surface area (Å²) in [7, 11) is 0. The van der Waals surface area contributed by atoms with E-state index in [9.17, 15) is 4.79 Å². The van der Waals surface area contributed by atoms with Gasteiger partial charge in [-0.1, -0.05) is 0 Å². The minimum atomic E-state index is -0.161. The Morgan fingerprint density at radius 2 is 2.54 bits per heavy atom. The summed E-state index contributed by atoms with van der Waals surface area (Å²) in [5.74, 6) is 0.0625. The number of ketones is 1. The van der Waals surface area contributed by atoms with E-state index in [1.807, 2.05) is 6.92 Å². The Bertz CT molecular complexity index is 365. The number of Topliss-reactive ketones (excluding diaryl/α,β-unsaturated/α-hetero) is 1. The summed E-state index contributed by atoms with van der Waals surface area (Å²) in [4.78, 5) is 18.4. The maximum absolute atomic E-state index is 11.6. The lowest BCUT2D eigenvalue weighted by Gasteiger charge is -1.96. The second-order valence-electron chi connectivity index (χ2n) is 2.96. The molecule has 4 nitrogen and oxygen atoms in total. The molecule has 2 heterocycles. The first kappa shape index (κ1) is 8.04. The second kappa shape index (κ2) is 3.05. The van der Waals surface area contributed by atoms with Crippen molar-refractivity contribution in [2.24, 2.45) is 4.99 Å². The molecule has 0 aliphatic carbocycles. The molecular formula is C9H10N2O2. The van der Waals surface area contributed by atoms with Gasteiger partial charge in [0.1, 0.15) is 6.61 Å². The summed E-state index contributed by atoms with van der Waals surface area (Å²) < 4.78 is 5.06. The largest absolute Gasteiger partial charge is 0.473 e. The summed E-state index contributed by atoms with van der Waals surface area (Å²) >= 11 is 0. The average Bonchev–Trinajstić information content (AvgIpc) is 2.72. The Hall–Kier alpha value is -1.58. The number of nitrogens with zero attached hydrogens (tertiary/aromatic N) is 1. The highest BCUT2D eigenvalue weighted by Gasteiger charge is 2.19. The molecule has 0 spiro atoms. The van der Waals surface area contributed by atoms with Crippen molar-refractivity contribution >= 4 is 11.7 Å². The van der Waals surface area contributed by atoms with Crippen LogP contribution < -0.4 is 0 Å². The van der Waals surface area contributed by atoms with Gasteiger partial charge in [-0.15, -0.1) is 0 Å². The average molecular weight is 178 g/mol. The molecule has 1 aliphatic rings. The van der Waals surface area contributed by atoms with Gasteiger partial charge in [0.25, 0.3) is 11.7 Å². The number of aliphatic imine (C=N–C) groups is 1. The number of hydrogen-bond donors (Lipinski definition) is 1. The summed E-state index contributed by atoms with van der Waals surface area (Å²) in [5.41, 5.74) is 1.57. The van der Waals surface area contributed by atoms with Crippen LogP contribution in [0.2, 0.25) is 0 Å². The van der Waals surface area contributed by atoms with Gasteiger partial charge in [-0.2, -0.15) is 0 Å². The van der Waals surface area contributed by atoms with E-state index >= 15 is 0 Å². The van der Waals surface area contributed by atoms with Crippen molar-refractivity contribution in [3.05, 3.63) is 23.5 Å². The fraction of sp³-hybridized carbons (Fsp3) is 0.333. The maximum atomic E-state index is 11.6.